The van der Waals surface area contributed by atoms with Gasteiger partial charge in [0.25, 0.3) is 0 Å². The monoisotopic (exact) mass is 417 g/mol. The predicted octanol–water partition coefficient (Wildman–Crippen LogP) is 5.00. The summed E-state index contributed by atoms with van der Waals surface area (Å²) < 4.78 is 0. The normalized spacial score (nSPS) is 16.0. The first kappa shape index (κ1) is 18.6. The third-order valence-corrected chi connectivity index (χ3v) is 5.58. The van der Waals surface area contributed by atoms with E-state index in [1.807, 2.05) is 48.5 Å². The van der Waals surface area contributed by atoms with E-state index in [0.717, 1.165) is 47.2 Å². The van der Waals surface area contributed by atoms with Crippen LogP contribution in [0.25, 0.3) is 11.4 Å². The summed E-state index contributed by atoms with van der Waals surface area (Å²) >= 11 is 6.46. The van der Waals surface area contributed by atoms with Crippen LogP contribution in [-0.2, 0) is 0 Å². The molecule has 1 unspecified atom stereocenters. The summed E-state index contributed by atoms with van der Waals surface area (Å²) in [5.41, 5.74) is 2.81. The Morgan fingerprint density at radius 2 is 1.90 bits per heavy atom. The van der Waals surface area contributed by atoms with E-state index in [4.69, 9.17) is 11.6 Å². The summed E-state index contributed by atoms with van der Waals surface area (Å²) in [5.74, 6) is 2.23. The van der Waals surface area contributed by atoms with Gasteiger partial charge in [0, 0.05) is 29.9 Å². The van der Waals surface area contributed by atoms with Gasteiger partial charge in [-0.15, -0.1) is 0 Å². The highest BCUT2D eigenvalue weighted by Gasteiger charge is 2.28. The van der Waals surface area contributed by atoms with Crippen molar-refractivity contribution in [2.75, 3.05) is 16.8 Å². The van der Waals surface area contributed by atoms with Crippen LogP contribution in [0.15, 0.2) is 67.1 Å². The van der Waals surface area contributed by atoms with Gasteiger partial charge in [0.2, 0.25) is 0 Å². The molecule has 1 aliphatic heterocycles. The number of H-pyrrole nitrogens is 1. The first-order chi connectivity index (χ1) is 14.8. The molecule has 0 amide bonds. The molecule has 2 N–H and O–H groups in total. The first-order valence-corrected chi connectivity index (χ1v) is 10.2. The van der Waals surface area contributed by atoms with E-state index in [1.54, 1.807) is 12.5 Å². The highest BCUT2D eigenvalue weighted by molar-refractivity contribution is 6.31. The molecule has 0 spiro atoms. The zero-order chi connectivity index (χ0) is 20.3. The highest BCUT2D eigenvalue weighted by Crippen LogP contribution is 2.38. The Kier molecular flexibility index (Phi) is 5.03. The molecule has 8 heteroatoms. The number of anilines is 3. The molecule has 1 atom stereocenters. The molecule has 0 bridgehead atoms. The van der Waals surface area contributed by atoms with Crippen LogP contribution in [0.4, 0.5) is 17.5 Å². The lowest BCUT2D eigenvalue weighted by molar-refractivity contribution is 0.711. The second kappa shape index (κ2) is 8.12. The van der Waals surface area contributed by atoms with Gasteiger partial charge in [-0.1, -0.05) is 35.9 Å². The van der Waals surface area contributed by atoms with Crippen molar-refractivity contribution in [2.45, 2.75) is 18.9 Å². The topological polar surface area (TPSA) is 82.6 Å². The number of nitrogens with zero attached hydrogens (tertiary/aromatic N) is 5. The van der Waals surface area contributed by atoms with Gasteiger partial charge >= 0.3 is 0 Å². The second-order valence-electron chi connectivity index (χ2n) is 7.14. The number of pyridine rings is 1. The molecule has 1 fully saturated rings. The lowest BCUT2D eigenvalue weighted by Gasteiger charge is -2.26. The first-order valence-electron chi connectivity index (χ1n) is 9.85. The van der Waals surface area contributed by atoms with Crippen LogP contribution in [0.5, 0.6) is 0 Å². The van der Waals surface area contributed by atoms with E-state index in [9.17, 15) is 0 Å². The second-order valence-corrected chi connectivity index (χ2v) is 7.55. The van der Waals surface area contributed by atoms with Gasteiger partial charge in [-0.25, -0.2) is 9.97 Å². The standard InChI is InChI=1S/C22H20ClN7/c23-16-7-2-1-6-15(16)19-9-5-11-30(19)22-13-20(25-14-26-22)27-21-12-18(28-29-21)17-8-3-4-10-24-17/h1-4,6-8,10,12-14,19H,5,9,11H2,(H2,25,26,27,28,29). The maximum absolute atomic E-state index is 6.46. The number of benzene rings is 1. The summed E-state index contributed by atoms with van der Waals surface area (Å²) in [7, 11) is 0. The maximum Gasteiger partial charge on any atom is 0.154 e. The van der Waals surface area contributed by atoms with Crippen molar-refractivity contribution < 1.29 is 0 Å². The lowest BCUT2D eigenvalue weighted by Crippen LogP contribution is -2.24. The SMILES string of the molecule is Clc1ccccc1C1CCCN1c1cc(Nc2cc(-c3ccccn3)[nH]n2)ncn1. The van der Waals surface area contributed by atoms with E-state index >= 15 is 0 Å². The minimum absolute atomic E-state index is 0.211. The molecular weight excluding hydrogens is 398 g/mol. The quantitative estimate of drug-likeness (QED) is 0.475. The van der Waals surface area contributed by atoms with E-state index < -0.39 is 0 Å². The van der Waals surface area contributed by atoms with Gasteiger partial charge in [0.05, 0.1) is 17.4 Å². The third-order valence-electron chi connectivity index (χ3n) is 5.24. The average Bonchev–Trinajstić information content (AvgIpc) is 3.45. The molecule has 0 radical (unpaired) electrons. The van der Waals surface area contributed by atoms with E-state index in [0.29, 0.717) is 11.6 Å². The number of hydrogen-bond acceptors (Lipinski definition) is 6. The van der Waals surface area contributed by atoms with Crippen LogP contribution < -0.4 is 10.2 Å². The molecular formula is C22H20ClN7. The lowest BCUT2D eigenvalue weighted by atomic mass is 10.0. The Morgan fingerprint density at radius 3 is 2.77 bits per heavy atom. The Hall–Kier alpha value is -3.45. The van der Waals surface area contributed by atoms with Crippen molar-refractivity contribution in [3.63, 3.8) is 0 Å². The minimum atomic E-state index is 0.211. The van der Waals surface area contributed by atoms with Crippen molar-refractivity contribution in [3.8, 4) is 11.4 Å². The Morgan fingerprint density at radius 1 is 1.00 bits per heavy atom. The third kappa shape index (κ3) is 3.71. The molecule has 7 nitrogen and oxygen atoms in total. The van der Waals surface area contributed by atoms with E-state index in [2.05, 4.69) is 41.4 Å². The van der Waals surface area contributed by atoms with Crippen molar-refractivity contribution >= 4 is 29.1 Å². The fraction of sp³-hybridized carbons (Fsp3) is 0.182. The summed E-state index contributed by atoms with van der Waals surface area (Å²) in [6, 6.07) is 17.9. The van der Waals surface area contributed by atoms with Crippen LogP contribution in [0.1, 0.15) is 24.4 Å². The molecule has 0 aliphatic carbocycles. The molecule has 1 aromatic carbocycles. The number of nitrogens with one attached hydrogen (secondary N) is 2. The van der Waals surface area contributed by atoms with E-state index in [1.165, 1.54) is 0 Å². The molecule has 1 saturated heterocycles. The van der Waals surface area contributed by atoms with Crippen LogP contribution in [0, 0.1) is 0 Å². The number of hydrogen-bond donors (Lipinski definition) is 2. The number of aromatic amines is 1. The maximum atomic E-state index is 6.46. The smallest absolute Gasteiger partial charge is 0.154 e. The van der Waals surface area contributed by atoms with Crippen molar-refractivity contribution in [1.29, 1.82) is 0 Å². The molecule has 4 aromatic rings. The van der Waals surface area contributed by atoms with Crippen LogP contribution >= 0.6 is 11.6 Å². The molecule has 150 valence electrons. The molecule has 30 heavy (non-hydrogen) atoms. The Labute approximate surface area is 179 Å². The summed E-state index contributed by atoms with van der Waals surface area (Å²) in [4.78, 5) is 15.5. The van der Waals surface area contributed by atoms with Crippen molar-refractivity contribution in [3.05, 3.63) is 77.7 Å². The van der Waals surface area contributed by atoms with Crippen LogP contribution in [0.3, 0.4) is 0 Å². The summed E-state index contributed by atoms with van der Waals surface area (Å²) in [6.07, 6.45) is 5.47. The zero-order valence-electron chi connectivity index (χ0n) is 16.2. The van der Waals surface area contributed by atoms with Gasteiger partial charge in [-0.2, -0.15) is 5.10 Å². The van der Waals surface area contributed by atoms with Crippen molar-refractivity contribution in [2.24, 2.45) is 0 Å². The highest BCUT2D eigenvalue weighted by atomic mass is 35.5. The Bertz CT molecular complexity index is 1140. The average molecular weight is 418 g/mol. The molecule has 3 aromatic heterocycles. The molecule has 4 heterocycles. The fourth-order valence-corrected chi connectivity index (χ4v) is 4.11. The number of halogens is 1. The van der Waals surface area contributed by atoms with Gasteiger partial charge in [-0.05, 0) is 36.6 Å². The van der Waals surface area contributed by atoms with Gasteiger partial charge < -0.3 is 10.2 Å². The van der Waals surface area contributed by atoms with E-state index in [-0.39, 0.29) is 6.04 Å². The summed E-state index contributed by atoms with van der Waals surface area (Å²) in [5, 5.41) is 11.4. The minimum Gasteiger partial charge on any atom is -0.349 e. The van der Waals surface area contributed by atoms with Crippen molar-refractivity contribution in [1.82, 2.24) is 25.1 Å². The Balaban J connectivity index is 1.37. The largest absolute Gasteiger partial charge is 0.349 e. The fourth-order valence-electron chi connectivity index (χ4n) is 3.85. The van der Waals surface area contributed by atoms with Gasteiger partial charge in [-0.3, -0.25) is 10.1 Å². The molecule has 5 rings (SSSR count). The molecule has 0 saturated carbocycles. The zero-order valence-corrected chi connectivity index (χ0v) is 16.9. The number of rotatable bonds is 5. The van der Waals surface area contributed by atoms with Crippen LogP contribution in [0.2, 0.25) is 5.02 Å². The summed E-state index contributed by atoms with van der Waals surface area (Å²) in [6.45, 7) is 0.929. The molecule has 1 aliphatic rings. The van der Waals surface area contributed by atoms with Gasteiger partial charge in [0.1, 0.15) is 18.0 Å². The number of aromatic nitrogens is 5. The van der Waals surface area contributed by atoms with Gasteiger partial charge in [0.15, 0.2) is 5.82 Å². The van der Waals surface area contributed by atoms with Crippen LogP contribution in [-0.4, -0.2) is 31.7 Å². The predicted molar refractivity (Wildman–Crippen MR) is 118 cm³/mol.